The molecule has 3 heterocycles. The Balaban J connectivity index is 2.29. The van der Waals surface area contributed by atoms with Gasteiger partial charge in [-0.05, 0) is 32.9 Å². The van der Waals surface area contributed by atoms with E-state index in [4.69, 9.17) is 0 Å². The molecule has 0 aliphatic heterocycles. The second kappa shape index (κ2) is 3.87. The summed E-state index contributed by atoms with van der Waals surface area (Å²) in [5, 5.41) is 8.34. The Kier molecular flexibility index (Phi) is 2.33. The van der Waals surface area contributed by atoms with Gasteiger partial charge in [0.25, 0.3) is 0 Å². The Morgan fingerprint density at radius 3 is 2.50 bits per heavy atom. The summed E-state index contributed by atoms with van der Waals surface area (Å²) in [7, 11) is 0. The number of nitrogens with zero attached hydrogens (tertiary/aromatic N) is 5. The first-order valence-corrected chi connectivity index (χ1v) is 5.79. The van der Waals surface area contributed by atoms with Gasteiger partial charge in [-0.3, -0.25) is 9.38 Å². The highest BCUT2D eigenvalue weighted by molar-refractivity contribution is 5.57. The van der Waals surface area contributed by atoms with E-state index in [1.807, 2.05) is 49.6 Å². The molecule has 0 amide bonds. The lowest BCUT2D eigenvalue weighted by Gasteiger charge is -2.06. The molecule has 0 saturated heterocycles. The van der Waals surface area contributed by atoms with E-state index in [0.29, 0.717) is 0 Å². The van der Waals surface area contributed by atoms with Crippen molar-refractivity contribution in [1.82, 2.24) is 24.6 Å². The van der Waals surface area contributed by atoms with Crippen LogP contribution >= 0.6 is 0 Å². The number of hydrogen-bond donors (Lipinski definition) is 0. The summed E-state index contributed by atoms with van der Waals surface area (Å²) in [6.07, 6.45) is 1.93. The van der Waals surface area contributed by atoms with Crippen molar-refractivity contribution in [2.24, 2.45) is 0 Å². The average molecular weight is 239 g/mol. The van der Waals surface area contributed by atoms with Crippen LogP contribution in [0.3, 0.4) is 0 Å². The van der Waals surface area contributed by atoms with Crippen LogP contribution in [0.15, 0.2) is 24.4 Å². The molecule has 5 heteroatoms. The molecule has 3 aromatic rings. The van der Waals surface area contributed by atoms with Crippen LogP contribution in [0.5, 0.6) is 0 Å². The number of rotatable bonds is 1. The predicted molar refractivity (Wildman–Crippen MR) is 68.2 cm³/mol. The van der Waals surface area contributed by atoms with E-state index < -0.39 is 0 Å². The van der Waals surface area contributed by atoms with Crippen molar-refractivity contribution in [3.05, 3.63) is 41.5 Å². The van der Waals surface area contributed by atoms with Crippen molar-refractivity contribution < 1.29 is 0 Å². The zero-order chi connectivity index (χ0) is 12.7. The number of aromatic nitrogens is 5. The number of pyridine rings is 1. The quantitative estimate of drug-likeness (QED) is 0.652. The van der Waals surface area contributed by atoms with Gasteiger partial charge in [-0.1, -0.05) is 6.07 Å². The third-order valence-corrected chi connectivity index (χ3v) is 3.01. The zero-order valence-electron chi connectivity index (χ0n) is 10.5. The van der Waals surface area contributed by atoms with Gasteiger partial charge in [0, 0.05) is 6.20 Å². The van der Waals surface area contributed by atoms with Crippen LogP contribution in [0.25, 0.3) is 17.2 Å². The predicted octanol–water partition coefficient (Wildman–Crippen LogP) is 2.11. The summed E-state index contributed by atoms with van der Waals surface area (Å²) < 4.78 is 1.92. The standard InChI is InChI=1S/C13H13N5/c1-8-9(2)15-12(10(3)14-8)13-17-16-11-6-4-5-7-18(11)13/h4-7H,1-3H3. The normalized spacial score (nSPS) is 11.1. The van der Waals surface area contributed by atoms with Crippen molar-refractivity contribution in [2.45, 2.75) is 20.8 Å². The second-order valence-electron chi connectivity index (χ2n) is 4.28. The van der Waals surface area contributed by atoms with Gasteiger partial charge in [0.1, 0.15) is 5.69 Å². The largest absolute Gasteiger partial charge is 0.281 e. The van der Waals surface area contributed by atoms with Gasteiger partial charge in [0.05, 0.1) is 17.1 Å². The summed E-state index contributed by atoms with van der Waals surface area (Å²) in [5.41, 5.74) is 4.34. The van der Waals surface area contributed by atoms with Crippen LogP contribution in [0.1, 0.15) is 17.1 Å². The Morgan fingerprint density at radius 2 is 1.67 bits per heavy atom. The Labute approximate surface area is 105 Å². The molecule has 0 fully saturated rings. The van der Waals surface area contributed by atoms with Gasteiger partial charge in [-0.25, -0.2) is 4.98 Å². The maximum Gasteiger partial charge on any atom is 0.188 e. The molecule has 0 N–H and O–H groups in total. The van der Waals surface area contributed by atoms with Crippen LogP contribution in [-0.4, -0.2) is 24.6 Å². The summed E-state index contributed by atoms with van der Waals surface area (Å²) in [6.45, 7) is 5.86. The third-order valence-electron chi connectivity index (χ3n) is 3.01. The molecule has 5 nitrogen and oxygen atoms in total. The number of fused-ring (bicyclic) bond motifs is 1. The van der Waals surface area contributed by atoms with Crippen molar-refractivity contribution in [3.8, 4) is 11.5 Å². The third kappa shape index (κ3) is 1.55. The van der Waals surface area contributed by atoms with Crippen LogP contribution in [0.4, 0.5) is 0 Å². The molecule has 0 atom stereocenters. The molecule has 0 radical (unpaired) electrons. The molecule has 18 heavy (non-hydrogen) atoms. The minimum absolute atomic E-state index is 0.735. The van der Waals surface area contributed by atoms with Gasteiger partial charge in [-0.2, -0.15) is 0 Å². The fourth-order valence-corrected chi connectivity index (χ4v) is 1.93. The number of hydrogen-bond acceptors (Lipinski definition) is 4. The Morgan fingerprint density at radius 1 is 0.889 bits per heavy atom. The molecule has 0 bridgehead atoms. The lowest BCUT2D eigenvalue weighted by Crippen LogP contribution is -2.01. The van der Waals surface area contributed by atoms with E-state index in [9.17, 15) is 0 Å². The van der Waals surface area contributed by atoms with E-state index in [0.717, 1.165) is 34.2 Å². The summed E-state index contributed by atoms with van der Waals surface area (Å²) in [5.74, 6) is 0.735. The van der Waals surface area contributed by atoms with E-state index >= 15 is 0 Å². The first-order chi connectivity index (χ1) is 8.66. The smallest absolute Gasteiger partial charge is 0.188 e. The fraction of sp³-hybridized carbons (Fsp3) is 0.231. The van der Waals surface area contributed by atoms with Gasteiger partial charge in [-0.15, -0.1) is 10.2 Å². The summed E-state index contributed by atoms with van der Waals surface area (Å²) in [6, 6.07) is 5.80. The summed E-state index contributed by atoms with van der Waals surface area (Å²) in [4.78, 5) is 9.07. The molecule has 0 spiro atoms. The molecule has 0 aliphatic rings. The van der Waals surface area contributed by atoms with Gasteiger partial charge < -0.3 is 0 Å². The lowest BCUT2D eigenvalue weighted by molar-refractivity contribution is 0.981. The summed E-state index contributed by atoms with van der Waals surface area (Å²) >= 11 is 0. The highest BCUT2D eigenvalue weighted by Crippen LogP contribution is 2.19. The van der Waals surface area contributed by atoms with E-state index in [-0.39, 0.29) is 0 Å². The molecule has 0 aliphatic carbocycles. The van der Waals surface area contributed by atoms with Crippen LogP contribution in [0, 0.1) is 20.8 Å². The first-order valence-electron chi connectivity index (χ1n) is 5.79. The minimum Gasteiger partial charge on any atom is -0.281 e. The van der Waals surface area contributed by atoms with Gasteiger partial charge in [0.2, 0.25) is 0 Å². The molecule has 3 aromatic heterocycles. The average Bonchev–Trinajstić information content (AvgIpc) is 2.78. The van der Waals surface area contributed by atoms with Gasteiger partial charge >= 0.3 is 0 Å². The molecule has 0 aromatic carbocycles. The molecule has 3 rings (SSSR count). The van der Waals surface area contributed by atoms with Crippen molar-refractivity contribution in [2.75, 3.05) is 0 Å². The SMILES string of the molecule is Cc1nc(C)c(-c2nnc3ccccn23)nc1C. The first kappa shape index (κ1) is 10.8. The molecule has 0 saturated carbocycles. The number of aryl methyl sites for hydroxylation is 3. The molecule has 0 unspecified atom stereocenters. The Bertz CT molecular complexity index is 729. The van der Waals surface area contributed by atoms with Crippen molar-refractivity contribution in [1.29, 1.82) is 0 Å². The Hall–Kier alpha value is -2.30. The fourth-order valence-electron chi connectivity index (χ4n) is 1.93. The van der Waals surface area contributed by atoms with E-state index in [1.54, 1.807) is 0 Å². The maximum atomic E-state index is 4.58. The highest BCUT2D eigenvalue weighted by atomic mass is 15.3. The van der Waals surface area contributed by atoms with E-state index in [2.05, 4.69) is 20.2 Å². The van der Waals surface area contributed by atoms with E-state index in [1.165, 1.54) is 0 Å². The van der Waals surface area contributed by atoms with Crippen LogP contribution in [-0.2, 0) is 0 Å². The zero-order valence-corrected chi connectivity index (χ0v) is 10.5. The molecular weight excluding hydrogens is 226 g/mol. The van der Waals surface area contributed by atoms with Crippen molar-refractivity contribution >= 4 is 5.65 Å². The molecular formula is C13H13N5. The topological polar surface area (TPSA) is 56.0 Å². The second-order valence-corrected chi connectivity index (χ2v) is 4.28. The minimum atomic E-state index is 0.735. The maximum absolute atomic E-state index is 4.58. The highest BCUT2D eigenvalue weighted by Gasteiger charge is 2.13. The van der Waals surface area contributed by atoms with Gasteiger partial charge in [0.15, 0.2) is 11.5 Å². The van der Waals surface area contributed by atoms with Crippen molar-refractivity contribution in [3.63, 3.8) is 0 Å². The monoisotopic (exact) mass is 239 g/mol. The molecule has 90 valence electrons. The lowest BCUT2D eigenvalue weighted by atomic mass is 10.2. The van der Waals surface area contributed by atoms with Crippen LogP contribution in [0.2, 0.25) is 0 Å². The van der Waals surface area contributed by atoms with Crippen LogP contribution < -0.4 is 0 Å².